The van der Waals surface area contributed by atoms with Gasteiger partial charge in [-0.2, -0.15) is 5.10 Å². The number of thiophene rings is 1. The minimum absolute atomic E-state index is 0.107. The van der Waals surface area contributed by atoms with Crippen molar-refractivity contribution in [1.82, 2.24) is 20.8 Å². The highest BCUT2D eigenvalue weighted by Gasteiger charge is 2.15. The average Bonchev–Trinajstić information content (AvgIpc) is 3.28. The number of amides is 3. The highest BCUT2D eigenvalue weighted by Crippen LogP contribution is 2.27. The van der Waals surface area contributed by atoms with Gasteiger partial charge in [0.05, 0.1) is 10.6 Å². The fraction of sp³-hybridized carbons (Fsp3) is 0.526. The SMILES string of the molecule is Cc1ccc(-c2cc(NC(=O)CCCNC(=O)NC3CCCCC3)n[nH]2)s1. The minimum atomic E-state index is -0.134. The molecule has 2 aromatic rings. The summed E-state index contributed by atoms with van der Waals surface area (Å²) in [4.78, 5) is 26.2. The van der Waals surface area contributed by atoms with Crippen molar-refractivity contribution < 1.29 is 9.59 Å². The van der Waals surface area contributed by atoms with E-state index < -0.39 is 0 Å². The summed E-state index contributed by atoms with van der Waals surface area (Å²) in [5, 5.41) is 15.7. The third-order valence-corrected chi connectivity index (χ3v) is 5.69. The second-order valence-corrected chi connectivity index (χ2v) is 8.25. The highest BCUT2D eigenvalue weighted by atomic mass is 32.1. The van der Waals surface area contributed by atoms with Gasteiger partial charge in [0.25, 0.3) is 0 Å². The van der Waals surface area contributed by atoms with Gasteiger partial charge >= 0.3 is 6.03 Å². The van der Waals surface area contributed by atoms with Crippen LogP contribution < -0.4 is 16.0 Å². The zero-order chi connectivity index (χ0) is 19.1. The predicted octanol–water partition coefficient (Wildman–Crippen LogP) is 3.80. The molecule has 0 bridgehead atoms. The molecule has 7 nitrogen and oxygen atoms in total. The average molecular weight is 390 g/mol. The number of urea groups is 1. The third-order valence-electron chi connectivity index (χ3n) is 4.66. The Kier molecular flexibility index (Phi) is 6.86. The lowest BCUT2D eigenvalue weighted by molar-refractivity contribution is -0.116. The maximum atomic E-state index is 12.0. The first-order valence-corrected chi connectivity index (χ1v) is 10.4. The van der Waals surface area contributed by atoms with Crippen LogP contribution in [0.3, 0.4) is 0 Å². The number of carbonyl (C=O) groups is 2. The molecule has 2 aromatic heterocycles. The molecule has 1 saturated carbocycles. The van der Waals surface area contributed by atoms with Gasteiger partial charge in [-0.05, 0) is 38.3 Å². The molecule has 0 aromatic carbocycles. The molecule has 146 valence electrons. The van der Waals surface area contributed by atoms with E-state index in [4.69, 9.17) is 0 Å². The van der Waals surface area contributed by atoms with E-state index >= 15 is 0 Å². The molecule has 27 heavy (non-hydrogen) atoms. The largest absolute Gasteiger partial charge is 0.338 e. The van der Waals surface area contributed by atoms with Gasteiger partial charge in [-0.25, -0.2) is 4.79 Å². The Labute approximate surface area is 163 Å². The lowest BCUT2D eigenvalue weighted by atomic mass is 9.96. The van der Waals surface area contributed by atoms with Crippen LogP contribution in [-0.2, 0) is 4.79 Å². The Hall–Kier alpha value is -2.35. The van der Waals surface area contributed by atoms with Gasteiger partial charge in [0.2, 0.25) is 5.91 Å². The van der Waals surface area contributed by atoms with Crippen LogP contribution in [0, 0.1) is 6.92 Å². The smallest absolute Gasteiger partial charge is 0.315 e. The van der Waals surface area contributed by atoms with E-state index in [2.05, 4.69) is 39.1 Å². The maximum Gasteiger partial charge on any atom is 0.315 e. The number of H-pyrrole nitrogens is 1. The van der Waals surface area contributed by atoms with E-state index in [1.165, 1.54) is 24.1 Å². The molecule has 2 heterocycles. The third kappa shape index (κ3) is 6.09. The first-order valence-electron chi connectivity index (χ1n) is 9.56. The number of aromatic amines is 1. The van der Waals surface area contributed by atoms with Gasteiger partial charge in [-0.1, -0.05) is 19.3 Å². The summed E-state index contributed by atoms with van der Waals surface area (Å²) in [6.45, 7) is 2.53. The summed E-state index contributed by atoms with van der Waals surface area (Å²) >= 11 is 1.67. The van der Waals surface area contributed by atoms with Crippen molar-refractivity contribution >= 4 is 29.1 Å². The van der Waals surface area contributed by atoms with Gasteiger partial charge in [-0.15, -0.1) is 11.3 Å². The van der Waals surface area contributed by atoms with Crippen molar-refractivity contribution in [1.29, 1.82) is 0 Å². The summed E-state index contributed by atoms with van der Waals surface area (Å²) in [7, 11) is 0. The molecule has 0 atom stereocenters. The van der Waals surface area contributed by atoms with Crippen LogP contribution >= 0.6 is 11.3 Å². The molecule has 3 rings (SSSR count). The van der Waals surface area contributed by atoms with Crippen LogP contribution in [0.25, 0.3) is 10.6 Å². The standard InChI is InChI=1S/C19H27N5O2S/c1-13-9-10-16(27-13)15-12-17(24-23-15)22-18(25)8-5-11-20-19(26)21-14-6-3-2-4-7-14/h9-10,12,14H,2-8,11H2,1H3,(H2,20,21,26)(H2,22,23,24,25). The summed E-state index contributed by atoms with van der Waals surface area (Å²) in [6.07, 6.45) is 6.69. The Morgan fingerprint density at radius 2 is 2.07 bits per heavy atom. The van der Waals surface area contributed by atoms with E-state index in [0.29, 0.717) is 31.2 Å². The number of nitrogens with one attached hydrogen (secondary N) is 4. The number of carbonyl (C=O) groups excluding carboxylic acids is 2. The first kappa shape index (κ1) is 19.4. The Balaban J connectivity index is 1.33. The molecular weight excluding hydrogens is 362 g/mol. The van der Waals surface area contributed by atoms with Crippen molar-refractivity contribution in [2.75, 3.05) is 11.9 Å². The Morgan fingerprint density at radius 1 is 1.26 bits per heavy atom. The fourth-order valence-corrected chi connectivity index (χ4v) is 4.06. The molecule has 8 heteroatoms. The van der Waals surface area contributed by atoms with E-state index in [0.717, 1.165) is 23.4 Å². The Morgan fingerprint density at radius 3 is 2.81 bits per heavy atom. The van der Waals surface area contributed by atoms with Gasteiger partial charge in [0.15, 0.2) is 5.82 Å². The molecule has 1 fully saturated rings. The van der Waals surface area contributed by atoms with E-state index in [1.807, 2.05) is 12.1 Å². The second-order valence-electron chi connectivity index (χ2n) is 6.96. The summed E-state index contributed by atoms with van der Waals surface area (Å²) < 4.78 is 0. The van der Waals surface area contributed by atoms with Gasteiger partial charge < -0.3 is 16.0 Å². The topological polar surface area (TPSA) is 98.9 Å². The molecule has 1 aliphatic carbocycles. The van der Waals surface area contributed by atoms with Crippen LogP contribution in [0.1, 0.15) is 49.8 Å². The molecule has 0 saturated heterocycles. The highest BCUT2D eigenvalue weighted by molar-refractivity contribution is 7.15. The van der Waals surface area contributed by atoms with Gasteiger partial charge in [0.1, 0.15) is 0 Å². The number of hydrogen-bond acceptors (Lipinski definition) is 4. The fourth-order valence-electron chi connectivity index (χ4n) is 3.23. The van der Waals surface area contributed by atoms with Crippen molar-refractivity contribution in [2.24, 2.45) is 0 Å². The molecule has 0 radical (unpaired) electrons. The van der Waals surface area contributed by atoms with Crippen molar-refractivity contribution in [2.45, 2.75) is 57.9 Å². The summed E-state index contributed by atoms with van der Waals surface area (Å²) in [5.74, 6) is 0.411. The molecule has 0 unspecified atom stereocenters. The number of rotatable bonds is 7. The molecular formula is C19H27N5O2S. The quantitative estimate of drug-likeness (QED) is 0.542. The summed E-state index contributed by atoms with van der Waals surface area (Å²) in [6, 6.07) is 6.08. The zero-order valence-electron chi connectivity index (χ0n) is 15.6. The minimum Gasteiger partial charge on any atom is -0.338 e. The van der Waals surface area contributed by atoms with Crippen molar-refractivity contribution in [3.05, 3.63) is 23.1 Å². The number of hydrogen-bond donors (Lipinski definition) is 4. The molecule has 3 amide bonds. The van der Waals surface area contributed by atoms with Crippen LogP contribution in [0.2, 0.25) is 0 Å². The zero-order valence-corrected chi connectivity index (χ0v) is 16.5. The van der Waals surface area contributed by atoms with Gasteiger partial charge in [-0.3, -0.25) is 9.89 Å². The lowest BCUT2D eigenvalue weighted by Gasteiger charge is -2.22. The van der Waals surface area contributed by atoms with E-state index in [1.54, 1.807) is 11.3 Å². The lowest BCUT2D eigenvalue weighted by Crippen LogP contribution is -2.43. The number of aromatic nitrogens is 2. The molecule has 4 N–H and O–H groups in total. The predicted molar refractivity (Wildman–Crippen MR) is 108 cm³/mol. The Bertz CT molecular complexity index is 764. The molecule has 0 aliphatic heterocycles. The van der Waals surface area contributed by atoms with Crippen LogP contribution in [0.5, 0.6) is 0 Å². The number of nitrogens with zero attached hydrogens (tertiary/aromatic N) is 1. The number of anilines is 1. The summed E-state index contributed by atoms with van der Waals surface area (Å²) in [5.41, 5.74) is 0.893. The van der Waals surface area contributed by atoms with Crippen LogP contribution in [0.4, 0.5) is 10.6 Å². The van der Waals surface area contributed by atoms with Crippen molar-refractivity contribution in [3.63, 3.8) is 0 Å². The van der Waals surface area contributed by atoms with Gasteiger partial charge in [0, 0.05) is 30.0 Å². The maximum absolute atomic E-state index is 12.0. The normalized spacial score (nSPS) is 14.7. The van der Waals surface area contributed by atoms with Crippen LogP contribution in [-0.4, -0.2) is 34.7 Å². The molecule has 0 spiro atoms. The van der Waals surface area contributed by atoms with E-state index in [9.17, 15) is 9.59 Å². The van der Waals surface area contributed by atoms with E-state index in [-0.39, 0.29) is 11.9 Å². The second kappa shape index (κ2) is 9.55. The van der Waals surface area contributed by atoms with Crippen molar-refractivity contribution in [3.8, 4) is 10.6 Å². The van der Waals surface area contributed by atoms with Crippen LogP contribution in [0.15, 0.2) is 18.2 Å². The first-order chi connectivity index (χ1) is 13.1. The number of aryl methyl sites for hydroxylation is 1. The molecule has 1 aliphatic rings. The monoisotopic (exact) mass is 389 g/mol.